The van der Waals surface area contributed by atoms with Gasteiger partial charge in [-0.25, -0.2) is 15.0 Å². The summed E-state index contributed by atoms with van der Waals surface area (Å²) >= 11 is 6.06. The maximum Gasteiger partial charge on any atom is 0.162 e. The lowest BCUT2D eigenvalue weighted by Crippen LogP contribution is -2.47. The first-order chi connectivity index (χ1) is 13.7. The summed E-state index contributed by atoms with van der Waals surface area (Å²) < 4.78 is 5.54. The molecule has 0 unspecified atom stereocenters. The van der Waals surface area contributed by atoms with Crippen LogP contribution in [0.3, 0.4) is 0 Å². The lowest BCUT2D eigenvalue weighted by atomic mass is 10.2. The number of pyridine rings is 2. The molecule has 3 aromatic heterocycles. The van der Waals surface area contributed by atoms with Gasteiger partial charge in [-0.3, -0.25) is 9.88 Å². The number of piperazine rings is 1. The van der Waals surface area contributed by atoms with E-state index in [1.54, 1.807) is 31.8 Å². The Labute approximate surface area is 167 Å². The van der Waals surface area contributed by atoms with Crippen LogP contribution in [0.5, 0.6) is 5.75 Å². The average molecular weight is 401 g/mol. The molecule has 1 saturated heterocycles. The summed E-state index contributed by atoms with van der Waals surface area (Å²) in [7, 11) is 1.62. The molecule has 1 fully saturated rings. The molecule has 0 atom stereocenters. The maximum absolute atomic E-state index is 9.18. The van der Waals surface area contributed by atoms with Crippen molar-refractivity contribution in [1.82, 2.24) is 24.8 Å². The van der Waals surface area contributed by atoms with Crippen LogP contribution in [0.2, 0.25) is 5.15 Å². The van der Waals surface area contributed by atoms with Crippen molar-refractivity contribution in [3.05, 3.63) is 35.9 Å². The molecule has 4 rings (SSSR count). The second kappa shape index (κ2) is 8.22. The molecular weight excluding hydrogens is 380 g/mol. The van der Waals surface area contributed by atoms with Gasteiger partial charge in [-0.05, 0) is 12.1 Å². The third-order valence-electron chi connectivity index (χ3n) is 4.85. The average Bonchev–Trinajstić information content (AvgIpc) is 2.73. The first-order valence-electron chi connectivity index (χ1n) is 9.09. The van der Waals surface area contributed by atoms with E-state index in [9.17, 15) is 5.11 Å². The second-order valence-electron chi connectivity index (χ2n) is 6.53. The topological polar surface area (TPSA) is 87.5 Å². The van der Waals surface area contributed by atoms with Gasteiger partial charge in [0.1, 0.15) is 16.7 Å². The molecule has 3 aromatic rings. The van der Waals surface area contributed by atoms with E-state index in [1.807, 2.05) is 6.07 Å². The van der Waals surface area contributed by atoms with Gasteiger partial charge >= 0.3 is 0 Å². The molecule has 1 aliphatic rings. The fraction of sp³-hybridized carbons (Fsp3) is 0.368. The zero-order valence-corrected chi connectivity index (χ0v) is 16.3. The fourth-order valence-electron chi connectivity index (χ4n) is 3.41. The van der Waals surface area contributed by atoms with Crippen molar-refractivity contribution in [2.75, 3.05) is 51.3 Å². The lowest BCUT2D eigenvalue weighted by molar-refractivity contribution is 0.188. The monoisotopic (exact) mass is 400 g/mol. The molecule has 146 valence electrons. The summed E-state index contributed by atoms with van der Waals surface area (Å²) in [5.41, 5.74) is 1.51. The van der Waals surface area contributed by atoms with Crippen molar-refractivity contribution < 1.29 is 9.84 Å². The Kier molecular flexibility index (Phi) is 5.52. The molecule has 1 aliphatic heterocycles. The number of halogens is 1. The number of rotatable bonds is 5. The number of fused-ring (bicyclic) bond motifs is 1. The second-order valence-corrected chi connectivity index (χ2v) is 6.91. The van der Waals surface area contributed by atoms with Crippen LogP contribution in [0.15, 0.2) is 30.7 Å². The smallest absolute Gasteiger partial charge is 0.162 e. The number of hydrogen-bond acceptors (Lipinski definition) is 8. The first-order valence-corrected chi connectivity index (χ1v) is 9.47. The SMILES string of the molecule is COc1cncc2nc(-c3ccnc(Cl)c3)nc(N3CCN(CCO)CC3)c12. The predicted octanol–water partition coefficient (Wildman–Crippen LogP) is 1.86. The quantitative estimate of drug-likeness (QED) is 0.649. The molecule has 0 spiro atoms. The Morgan fingerprint density at radius 1 is 1.18 bits per heavy atom. The van der Waals surface area contributed by atoms with Gasteiger partial charge in [0.15, 0.2) is 5.82 Å². The summed E-state index contributed by atoms with van der Waals surface area (Å²) in [5.74, 6) is 2.03. The van der Waals surface area contributed by atoms with Crippen LogP contribution in [0.1, 0.15) is 0 Å². The van der Waals surface area contributed by atoms with E-state index in [2.05, 4.69) is 24.8 Å². The van der Waals surface area contributed by atoms with Crippen LogP contribution >= 0.6 is 11.6 Å². The molecule has 0 aliphatic carbocycles. The van der Waals surface area contributed by atoms with Crippen LogP contribution in [0, 0.1) is 0 Å². The Balaban J connectivity index is 1.81. The van der Waals surface area contributed by atoms with E-state index >= 15 is 0 Å². The highest BCUT2D eigenvalue weighted by Gasteiger charge is 2.23. The number of ether oxygens (including phenoxy) is 1. The molecule has 0 saturated carbocycles. The van der Waals surface area contributed by atoms with E-state index in [0.717, 1.165) is 42.9 Å². The van der Waals surface area contributed by atoms with Gasteiger partial charge in [0, 0.05) is 44.5 Å². The van der Waals surface area contributed by atoms with Gasteiger partial charge in [-0.2, -0.15) is 0 Å². The van der Waals surface area contributed by atoms with Crippen molar-refractivity contribution in [2.24, 2.45) is 0 Å². The van der Waals surface area contributed by atoms with Gasteiger partial charge in [-0.1, -0.05) is 11.6 Å². The highest BCUT2D eigenvalue weighted by Crippen LogP contribution is 2.34. The molecule has 1 N–H and O–H groups in total. The van der Waals surface area contributed by atoms with Crippen molar-refractivity contribution in [3.8, 4) is 17.1 Å². The van der Waals surface area contributed by atoms with E-state index < -0.39 is 0 Å². The minimum absolute atomic E-state index is 0.170. The Morgan fingerprint density at radius 2 is 2.00 bits per heavy atom. The predicted molar refractivity (Wildman–Crippen MR) is 108 cm³/mol. The zero-order chi connectivity index (χ0) is 19.5. The number of methoxy groups -OCH3 is 1. The van der Waals surface area contributed by atoms with Crippen LogP contribution < -0.4 is 9.64 Å². The molecular formula is C19H21ClN6O2. The first kappa shape index (κ1) is 18.8. The molecule has 0 amide bonds. The third-order valence-corrected chi connectivity index (χ3v) is 5.05. The van der Waals surface area contributed by atoms with E-state index in [0.29, 0.717) is 28.8 Å². The number of aliphatic hydroxyl groups is 1. The Bertz CT molecular complexity index is 978. The molecule has 0 radical (unpaired) electrons. The summed E-state index contributed by atoms with van der Waals surface area (Å²) in [4.78, 5) is 22.3. The van der Waals surface area contributed by atoms with Crippen molar-refractivity contribution in [3.63, 3.8) is 0 Å². The molecule has 4 heterocycles. The molecule has 28 heavy (non-hydrogen) atoms. The number of nitrogens with zero attached hydrogens (tertiary/aromatic N) is 6. The molecule has 0 bridgehead atoms. The summed E-state index contributed by atoms with van der Waals surface area (Å²) in [6, 6.07) is 3.59. The number of aromatic nitrogens is 4. The summed E-state index contributed by atoms with van der Waals surface area (Å²) in [5, 5.41) is 10.4. The van der Waals surface area contributed by atoms with E-state index in [4.69, 9.17) is 21.3 Å². The van der Waals surface area contributed by atoms with Crippen molar-refractivity contribution >= 4 is 28.3 Å². The number of anilines is 1. The van der Waals surface area contributed by atoms with Gasteiger partial charge in [0.05, 0.1) is 37.0 Å². The zero-order valence-electron chi connectivity index (χ0n) is 15.5. The Hall–Kier alpha value is -2.55. The van der Waals surface area contributed by atoms with Crippen LogP contribution in [0.4, 0.5) is 5.82 Å². The highest BCUT2D eigenvalue weighted by molar-refractivity contribution is 6.29. The molecule has 9 heteroatoms. The maximum atomic E-state index is 9.18. The van der Waals surface area contributed by atoms with Crippen LogP contribution in [0.25, 0.3) is 22.3 Å². The summed E-state index contributed by atoms with van der Waals surface area (Å²) in [6.07, 6.45) is 5.04. The Morgan fingerprint density at radius 3 is 2.71 bits per heavy atom. The van der Waals surface area contributed by atoms with Crippen LogP contribution in [-0.2, 0) is 0 Å². The van der Waals surface area contributed by atoms with Crippen LogP contribution in [-0.4, -0.2) is 76.4 Å². The number of aliphatic hydroxyl groups excluding tert-OH is 1. The van der Waals surface area contributed by atoms with E-state index in [-0.39, 0.29) is 6.61 Å². The minimum Gasteiger partial charge on any atom is -0.494 e. The lowest BCUT2D eigenvalue weighted by Gasteiger charge is -2.35. The number of hydrogen-bond donors (Lipinski definition) is 1. The summed E-state index contributed by atoms with van der Waals surface area (Å²) in [6.45, 7) is 4.17. The normalized spacial score (nSPS) is 15.2. The standard InChI is InChI=1S/C19H21ClN6O2/c1-28-15-12-21-11-14-17(15)19(26-6-4-25(5-7-26)8-9-27)24-18(23-14)13-2-3-22-16(20)10-13/h2-3,10-12,27H,4-9H2,1H3. The number of β-amino-alcohol motifs (C(OH)–C–C–N with tert-alkyl or cyclic N) is 1. The van der Waals surface area contributed by atoms with Crippen molar-refractivity contribution in [1.29, 1.82) is 0 Å². The molecule has 0 aromatic carbocycles. The minimum atomic E-state index is 0.170. The highest BCUT2D eigenvalue weighted by atomic mass is 35.5. The fourth-order valence-corrected chi connectivity index (χ4v) is 3.59. The largest absolute Gasteiger partial charge is 0.494 e. The molecule has 8 nitrogen and oxygen atoms in total. The van der Waals surface area contributed by atoms with Gasteiger partial charge < -0.3 is 14.7 Å². The van der Waals surface area contributed by atoms with Gasteiger partial charge in [0.2, 0.25) is 0 Å². The van der Waals surface area contributed by atoms with Gasteiger partial charge in [-0.15, -0.1) is 0 Å². The van der Waals surface area contributed by atoms with E-state index in [1.165, 1.54) is 0 Å². The van der Waals surface area contributed by atoms with Crippen molar-refractivity contribution in [2.45, 2.75) is 0 Å². The van der Waals surface area contributed by atoms with Gasteiger partial charge in [0.25, 0.3) is 0 Å². The third kappa shape index (κ3) is 3.71.